The van der Waals surface area contributed by atoms with Gasteiger partial charge in [0.1, 0.15) is 0 Å². The van der Waals surface area contributed by atoms with Crippen molar-refractivity contribution in [1.82, 2.24) is 4.90 Å². The van der Waals surface area contributed by atoms with E-state index >= 15 is 0 Å². The zero-order valence-corrected chi connectivity index (χ0v) is 8.91. The summed E-state index contributed by atoms with van der Waals surface area (Å²) in [4.78, 5) is 13.2. The van der Waals surface area contributed by atoms with Crippen LogP contribution in [-0.2, 0) is 4.79 Å². The van der Waals surface area contributed by atoms with E-state index in [1.165, 1.54) is 0 Å². The second-order valence-corrected chi connectivity index (χ2v) is 4.30. The van der Waals surface area contributed by atoms with Gasteiger partial charge in [0, 0.05) is 18.5 Å². The normalized spacial score (nSPS) is 26.9. The maximum atomic E-state index is 10.9. The number of carbonyl (C=O) groups is 1. The molecule has 0 radical (unpaired) electrons. The molecule has 0 saturated carbocycles. The molecule has 1 amide bonds. The Kier molecular flexibility index (Phi) is 4.35. The van der Waals surface area contributed by atoms with E-state index in [4.69, 9.17) is 11.5 Å². The van der Waals surface area contributed by atoms with E-state index < -0.39 is 0 Å². The molecule has 0 aromatic carbocycles. The van der Waals surface area contributed by atoms with Gasteiger partial charge in [0.15, 0.2) is 0 Å². The fourth-order valence-electron chi connectivity index (χ4n) is 1.84. The van der Waals surface area contributed by atoms with Crippen molar-refractivity contribution < 1.29 is 4.79 Å². The van der Waals surface area contributed by atoms with Crippen molar-refractivity contribution in [3.05, 3.63) is 0 Å². The van der Waals surface area contributed by atoms with Crippen LogP contribution in [0.15, 0.2) is 0 Å². The van der Waals surface area contributed by atoms with Crippen molar-refractivity contribution in [2.45, 2.75) is 32.2 Å². The minimum atomic E-state index is -0.210. The van der Waals surface area contributed by atoms with E-state index in [1.807, 2.05) is 6.92 Å². The highest BCUT2D eigenvalue weighted by atomic mass is 16.1. The van der Waals surface area contributed by atoms with Gasteiger partial charge in [-0.3, -0.25) is 4.79 Å². The van der Waals surface area contributed by atoms with Gasteiger partial charge >= 0.3 is 0 Å². The maximum absolute atomic E-state index is 10.9. The second kappa shape index (κ2) is 5.32. The van der Waals surface area contributed by atoms with Crippen molar-refractivity contribution in [2.75, 3.05) is 19.6 Å². The SMILES string of the molecule is CC(CN1CCCC(N)CC1)C(N)=O. The summed E-state index contributed by atoms with van der Waals surface area (Å²) in [6.07, 6.45) is 3.26. The molecule has 4 heteroatoms. The van der Waals surface area contributed by atoms with Crippen molar-refractivity contribution >= 4 is 5.91 Å². The van der Waals surface area contributed by atoms with Gasteiger partial charge in [-0.2, -0.15) is 0 Å². The summed E-state index contributed by atoms with van der Waals surface area (Å²) in [6.45, 7) is 4.71. The van der Waals surface area contributed by atoms with E-state index in [9.17, 15) is 4.79 Å². The number of rotatable bonds is 3. The largest absolute Gasteiger partial charge is 0.369 e. The summed E-state index contributed by atoms with van der Waals surface area (Å²) in [5.41, 5.74) is 11.1. The Morgan fingerprint density at radius 2 is 2.21 bits per heavy atom. The molecule has 2 unspecified atom stereocenters. The first-order valence-electron chi connectivity index (χ1n) is 5.37. The molecule has 1 aliphatic rings. The molecule has 1 saturated heterocycles. The van der Waals surface area contributed by atoms with Gasteiger partial charge < -0.3 is 16.4 Å². The number of nitrogens with zero attached hydrogens (tertiary/aromatic N) is 1. The van der Waals surface area contributed by atoms with Crippen LogP contribution < -0.4 is 11.5 Å². The molecular weight excluding hydrogens is 178 g/mol. The Hall–Kier alpha value is -0.610. The first-order valence-corrected chi connectivity index (χ1v) is 5.37. The molecule has 0 spiro atoms. The van der Waals surface area contributed by atoms with Crippen molar-refractivity contribution in [3.63, 3.8) is 0 Å². The molecular formula is C10H21N3O. The molecule has 1 fully saturated rings. The van der Waals surface area contributed by atoms with Gasteiger partial charge in [-0.25, -0.2) is 0 Å². The van der Waals surface area contributed by atoms with Crippen LogP contribution in [0, 0.1) is 5.92 Å². The summed E-state index contributed by atoms with van der Waals surface area (Å²) >= 11 is 0. The fraction of sp³-hybridized carbons (Fsp3) is 0.900. The van der Waals surface area contributed by atoms with Crippen molar-refractivity contribution in [3.8, 4) is 0 Å². The van der Waals surface area contributed by atoms with E-state index in [0.717, 1.165) is 38.9 Å². The van der Waals surface area contributed by atoms with Gasteiger partial charge in [0.25, 0.3) is 0 Å². The highest BCUT2D eigenvalue weighted by Gasteiger charge is 2.17. The summed E-state index contributed by atoms with van der Waals surface area (Å²) in [7, 11) is 0. The van der Waals surface area contributed by atoms with Crippen LogP contribution >= 0.6 is 0 Å². The van der Waals surface area contributed by atoms with E-state index in [-0.39, 0.29) is 11.8 Å². The second-order valence-electron chi connectivity index (χ2n) is 4.30. The molecule has 0 aromatic rings. The Labute approximate surface area is 85.6 Å². The van der Waals surface area contributed by atoms with Gasteiger partial charge in [-0.15, -0.1) is 0 Å². The van der Waals surface area contributed by atoms with Crippen molar-refractivity contribution in [1.29, 1.82) is 0 Å². The van der Waals surface area contributed by atoms with E-state index in [1.54, 1.807) is 0 Å². The average Bonchev–Trinajstić information content (AvgIpc) is 2.31. The molecule has 14 heavy (non-hydrogen) atoms. The lowest BCUT2D eigenvalue weighted by Gasteiger charge is -2.22. The monoisotopic (exact) mass is 199 g/mol. The molecule has 1 heterocycles. The van der Waals surface area contributed by atoms with Crippen molar-refractivity contribution in [2.24, 2.45) is 17.4 Å². The number of amides is 1. The zero-order chi connectivity index (χ0) is 10.6. The Balaban J connectivity index is 2.33. The Morgan fingerprint density at radius 3 is 2.86 bits per heavy atom. The topological polar surface area (TPSA) is 72.3 Å². The van der Waals surface area contributed by atoms with Crippen LogP contribution in [0.2, 0.25) is 0 Å². The quantitative estimate of drug-likeness (QED) is 0.668. The smallest absolute Gasteiger partial charge is 0.221 e. The highest BCUT2D eigenvalue weighted by Crippen LogP contribution is 2.10. The fourth-order valence-corrected chi connectivity index (χ4v) is 1.84. The number of carbonyl (C=O) groups excluding carboxylic acids is 1. The molecule has 0 aromatic heterocycles. The van der Waals surface area contributed by atoms with E-state index in [0.29, 0.717) is 6.04 Å². The van der Waals surface area contributed by atoms with Gasteiger partial charge in [-0.1, -0.05) is 6.92 Å². The third-order valence-corrected chi connectivity index (χ3v) is 2.88. The Morgan fingerprint density at radius 1 is 1.50 bits per heavy atom. The van der Waals surface area contributed by atoms with Crippen LogP contribution in [0.5, 0.6) is 0 Å². The van der Waals surface area contributed by atoms with Crippen LogP contribution in [-0.4, -0.2) is 36.5 Å². The lowest BCUT2D eigenvalue weighted by molar-refractivity contribution is -0.121. The van der Waals surface area contributed by atoms with Crippen LogP contribution in [0.25, 0.3) is 0 Å². The number of hydrogen-bond donors (Lipinski definition) is 2. The Bertz CT molecular complexity index is 196. The molecule has 1 rings (SSSR count). The van der Waals surface area contributed by atoms with E-state index in [2.05, 4.69) is 4.90 Å². The first kappa shape index (κ1) is 11.5. The third kappa shape index (κ3) is 3.64. The van der Waals surface area contributed by atoms with Gasteiger partial charge in [0.2, 0.25) is 5.91 Å². The van der Waals surface area contributed by atoms with Crippen LogP contribution in [0.3, 0.4) is 0 Å². The summed E-state index contributed by atoms with van der Waals surface area (Å²) in [5, 5.41) is 0. The molecule has 4 N–H and O–H groups in total. The molecule has 4 nitrogen and oxygen atoms in total. The molecule has 82 valence electrons. The number of likely N-dealkylation sites (tertiary alicyclic amines) is 1. The lowest BCUT2D eigenvalue weighted by Crippen LogP contribution is -2.35. The average molecular weight is 199 g/mol. The predicted molar refractivity (Wildman–Crippen MR) is 56.6 cm³/mol. The highest BCUT2D eigenvalue weighted by molar-refractivity contribution is 5.76. The first-order chi connectivity index (χ1) is 6.59. The van der Waals surface area contributed by atoms with Gasteiger partial charge in [-0.05, 0) is 32.4 Å². The summed E-state index contributed by atoms with van der Waals surface area (Å²) in [5.74, 6) is -0.261. The third-order valence-electron chi connectivity index (χ3n) is 2.88. The summed E-state index contributed by atoms with van der Waals surface area (Å²) < 4.78 is 0. The standard InChI is InChI=1S/C10H21N3O/c1-8(10(12)14)7-13-5-2-3-9(11)4-6-13/h8-9H,2-7,11H2,1H3,(H2,12,14). The summed E-state index contributed by atoms with van der Waals surface area (Å²) in [6, 6.07) is 0.337. The van der Waals surface area contributed by atoms with Crippen LogP contribution in [0.4, 0.5) is 0 Å². The molecule has 1 aliphatic heterocycles. The van der Waals surface area contributed by atoms with Crippen LogP contribution in [0.1, 0.15) is 26.2 Å². The lowest BCUT2D eigenvalue weighted by atomic mass is 10.1. The minimum absolute atomic E-state index is 0.0516. The zero-order valence-electron chi connectivity index (χ0n) is 8.91. The number of hydrogen-bond acceptors (Lipinski definition) is 3. The predicted octanol–water partition coefficient (Wildman–Crippen LogP) is -0.0790. The number of nitrogens with two attached hydrogens (primary N) is 2. The molecule has 2 atom stereocenters. The minimum Gasteiger partial charge on any atom is -0.369 e. The molecule has 0 bridgehead atoms. The maximum Gasteiger partial charge on any atom is 0.221 e. The number of primary amides is 1. The molecule has 0 aliphatic carbocycles. The van der Waals surface area contributed by atoms with Gasteiger partial charge in [0.05, 0.1) is 0 Å².